The molecule has 1 aromatic heterocycles. The van der Waals surface area contributed by atoms with E-state index in [-0.39, 0.29) is 0 Å². The summed E-state index contributed by atoms with van der Waals surface area (Å²) < 4.78 is 1.00. The van der Waals surface area contributed by atoms with Gasteiger partial charge in [0.25, 0.3) is 5.24 Å². The molecule has 0 saturated heterocycles. The van der Waals surface area contributed by atoms with Gasteiger partial charge in [0, 0.05) is 0 Å². The number of carbonyl (C=O) groups excluding carboxylic acids is 1. The highest BCUT2D eigenvalue weighted by Gasteiger charge is 2.08. The maximum absolute atomic E-state index is 10.8. The van der Waals surface area contributed by atoms with Crippen LogP contribution in [0.1, 0.15) is 15.4 Å². The molecule has 0 saturated carbocycles. The summed E-state index contributed by atoms with van der Waals surface area (Å²) in [5.74, 6) is 0. The number of hydrogen-bond acceptors (Lipinski definition) is 3. The molecule has 13 heavy (non-hydrogen) atoms. The van der Waals surface area contributed by atoms with Gasteiger partial charge in [-0.3, -0.25) is 4.79 Å². The fraction of sp³-hybridized carbons (Fsp3) is 0.111. The molecule has 0 N–H and O–H groups in total. The highest BCUT2D eigenvalue weighted by molar-refractivity contribution is 7.21. The Labute approximate surface area is 84.2 Å². The number of fused-ring (bicyclic) bond motifs is 1. The first-order chi connectivity index (χ1) is 6.16. The number of rotatable bonds is 1. The third-order valence-electron chi connectivity index (χ3n) is 1.71. The normalized spacial score (nSPS) is 10.6. The average Bonchev–Trinajstić information content (AvgIpc) is 2.46. The number of aryl methyl sites for hydroxylation is 1. The van der Waals surface area contributed by atoms with Crippen molar-refractivity contribution in [3.63, 3.8) is 0 Å². The van der Waals surface area contributed by atoms with Crippen molar-refractivity contribution in [2.75, 3.05) is 0 Å². The second-order valence-corrected chi connectivity index (χ2v) is 4.14. The van der Waals surface area contributed by atoms with Gasteiger partial charge in [-0.15, -0.1) is 11.3 Å². The Kier molecular flexibility index (Phi) is 2.06. The van der Waals surface area contributed by atoms with E-state index in [2.05, 4.69) is 4.98 Å². The van der Waals surface area contributed by atoms with Gasteiger partial charge in [0.2, 0.25) is 0 Å². The van der Waals surface area contributed by atoms with Crippen molar-refractivity contribution in [3.8, 4) is 0 Å². The van der Waals surface area contributed by atoms with E-state index in [1.165, 1.54) is 11.3 Å². The lowest BCUT2D eigenvalue weighted by Crippen LogP contribution is -1.84. The molecule has 0 unspecified atom stereocenters. The molecule has 1 heterocycles. The highest BCUT2D eigenvalue weighted by Crippen LogP contribution is 2.23. The monoisotopic (exact) mass is 211 g/mol. The number of thiazole rings is 1. The van der Waals surface area contributed by atoms with Crippen LogP contribution in [0.2, 0.25) is 0 Å². The van der Waals surface area contributed by atoms with Crippen molar-refractivity contribution in [3.05, 3.63) is 28.8 Å². The lowest BCUT2D eigenvalue weighted by atomic mass is 10.2. The molecule has 0 fully saturated rings. The van der Waals surface area contributed by atoms with E-state index in [1.54, 1.807) is 0 Å². The predicted molar refractivity (Wildman–Crippen MR) is 54.5 cm³/mol. The SMILES string of the molecule is Cc1ccc2nc(C(=O)Cl)sc2c1. The Morgan fingerprint density at radius 2 is 2.31 bits per heavy atom. The summed E-state index contributed by atoms with van der Waals surface area (Å²) in [4.78, 5) is 14.9. The fourth-order valence-electron chi connectivity index (χ4n) is 1.12. The van der Waals surface area contributed by atoms with Crippen molar-refractivity contribution in [1.82, 2.24) is 4.98 Å². The van der Waals surface area contributed by atoms with Gasteiger partial charge < -0.3 is 0 Å². The van der Waals surface area contributed by atoms with Gasteiger partial charge >= 0.3 is 0 Å². The molecule has 0 aliphatic rings. The minimum atomic E-state index is -0.487. The van der Waals surface area contributed by atoms with Gasteiger partial charge in [-0.25, -0.2) is 4.98 Å². The van der Waals surface area contributed by atoms with E-state index in [0.29, 0.717) is 5.01 Å². The summed E-state index contributed by atoms with van der Waals surface area (Å²) in [6, 6.07) is 5.85. The third-order valence-corrected chi connectivity index (χ3v) is 3.02. The largest absolute Gasteiger partial charge is 0.281 e. The van der Waals surface area contributed by atoms with Crippen LogP contribution in [-0.2, 0) is 0 Å². The van der Waals surface area contributed by atoms with Crippen molar-refractivity contribution >= 4 is 38.4 Å². The first-order valence-electron chi connectivity index (χ1n) is 3.74. The van der Waals surface area contributed by atoms with Crippen LogP contribution in [0.5, 0.6) is 0 Å². The molecule has 0 spiro atoms. The third kappa shape index (κ3) is 1.57. The molecule has 66 valence electrons. The van der Waals surface area contributed by atoms with Gasteiger partial charge in [0.15, 0.2) is 5.01 Å². The summed E-state index contributed by atoms with van der Waals surface area (Å²) in [7, 11) is 0. The Bertz CT molecular complexity index is 477. The van der Waals surface area contributed by atoms with Crippen LogP contribution in [0.4, 0.5) is 0 Å². The number of benzene rings is 1. The van der Waals surface area contributed by atoms with E-state index in [0.717, 1.165) is 15.8 Å². The molecule has 2 aromatic rings. The van der Waals surface area contributed by atoms with Crippen LogP contribution in [0.15, 0.2) is 18.2 Å². The molecule has 0 bridgehead atoms. The predicted octanol–water partition coefficient (Wildman–Crippen LogP) is 2.98. The second-order valence-electron chi connectivity index (χ2n) is 2.76. The van der Waals surface area contributed by atoms with Crippen LogP contribution in [0.3, 0.4) is 0 Å². The molecule has 0 atom stereocenters. The van der Waals surface area contributed by atoms with Crippen molar-refractivity contribution in [2.24, 2.45) is 0 Å². The van der Waals surface area contributed by atoms with Gasteiger partial charge in [-0.1, -0.05) is 6.07 Å². The lowest BCUT2D eigenvalue weighted by molar-refractivity contribution is 0.108. The first-order valence-corrected chi connectivity index (χ1v) is 4.93. The second kappa shape index (κ2) is 3.09. The summed E-state index contributed by atoms with van der Waals surface area (Å²) in [5, 5.41) is -0.124. The van der Waals surface area contributed by atoms with Gasteiger partial charge in [0.05, 0.1) is 10.2 Å². The van der Waals surface area contributed by atoms with Gasteiger partial charge in [0.1, 0.15) is 0 Å². The molecular weight excluding hydrogens is 206 g/mol. The Morgan fingerprint density at radius 1 is 1.54 bits per heavy atom. The van der Waals surface area contributed by atoms with E-state index >= 15 is 0 Å². The van der Waals surface area contributed by atoms with E-state index in [9.17, 15) is 4.79 Å². The van der Waals surface area contributed by atoms with Crippen molar-refractivity contribution < 1.29 is 4.79 Å². The van der Waals surface area contributed by atoms with Crippen LogP contribution >= 0.6 is 22.9 Å². The van der Waals surface area contributed by atoms with Gasteiger partial charge in [-0.05, 0) is 36.2 Å². The number of halogens is 1. The zero-order valence-electron chi connectivity index (χ0n) is 6.87. The Balaban J connectivity index is 2.68. The van der Waals surface area contributed by atoms with Crippen LogP contribution in [0, 0.1) is 6.92 Å². The molecular formula is C9H6ClNOS. The molecule has 0 aliphatic heterocycles. The number of hydrogen-bond donors (Lipinski definition) is 0. The molecule has 0 radical (unpaired) electrons. The summed E-state index contributed by atoms with van der Waals surface area (Å²) in [5.41, 5.74) is 1.99. The van der Waals surface area contributed by atoms with Crippen molar-refractivity contribution in [1.29, 1.82) is 0 Å². The zero-order chi connectivity index (χ0) is 9.42. The van der Waals surface area contributed by atoms with Crippen molar-refractivity contribution in [2.45, 2.75) is 6.92 Å². The van der Waals surface area contributed by atoms with Crippen LogP contribution < -0.4 is 0 Å². The number of carbonyl (C=O) groups is 1. The van der Waals surface area contributed by atoms with Crippen LogP contribution in [-0.4, -0.2) is 10.2 Å². The highest BCUT2D eigenvalue weighted by atomic mass is 35.5. The average molecular weight is 212 g/mol. The van der Waals surface area contributed by atoms with E-state index < -0.39 is 5.24 Å². The molecule has 2 rings (SSSR count). The Morgan fingerprint density at radius 3 is 3.00 bits per heavy atom. The number of nitrogens with zero attached hydrogens (tertiary/aromatic N) is 1. The Hall–Kier alpha value is -0.930. The van der Waals surface area contributed by atoms with E-state index in [1.807, 2.05) is 25.1 Å². The summed E-state index contributed by atoms with van der Waals surface area (Å²) in [6.07, 6.45) is 0. The topological polar surface area (TPSA) is 30.0 Å². The minimum Gasteiger partial charge on any atom is -0.273 e. The zero-order valence-corrected chi connectivity index (χ0v) is 8.45. The van der Waals surface area contributed by atoms with Gasteiger partial charge in [-0.2, -0.15) is 0 Å². The van der Waals surface area contributed by atoms with Crippen LogP contribution in [0.25, 0.3) is 10.2 Å². The standard InChI is InChI=1S/C9H6ClNOS/c1-5-2-3-6-7(4-5)13-9(11-6)8(10)12/h2-4H,1H3. The molecule has 0 aliphatic carbocycles. The molecule has 1 aromatic carbocycles. The molecule has 4 heteroatoms. The smallest absolute Gasteiger partial charge is 0.273 e. The molecule has 2 nitrogen and oxygen atoms in total. The fourth-order valence-corrected chi connectivity index (χ4v) is 2.17. The van der Waals surface area contributed by atoms with E-state index in [4.69, 9.17) is 11.6 Å². The summed E-state index contributed by atoms with van der Waals surface area (Å²) in [6.45, 7) is 2.00. The maximum atomic E-state index is 10.8. The molecule has 0 amide bonds. The summed E-state index contributed by atoms with van der Waals surface area (Å²) >= 11 is 6.65. The minimum absolute atomic E-state index is 0.363. The first kappa shape index (κ1) is 8.66. The lowest BCUT2D eigenvalue weighted by Gasteiger charge is -1.88. The maximum Gasteiger partial charge on any atom is 0.281 e. The quantitative estimate of drug-likeness (QED) is 0.679. The number of aromatic nitrogens is 1.